The van der Waals surface area contributed by atoms with Crippen molar-refractivity contribution < 1.29 is 9.59 Å². The Morgan fingerprint density at radius 3 is 1.05 bits per heavy atom. The van der Waals surface area contributed by atoms with Crippen LogP contribution < -0.4 is 10.6 Å². The predicted molar refractivity (Wildman–Crippen MR) is 181 cm³/mol. The number of carbonyl (C=O) groups excluding carboxylic acids is 2. The molecule has 0 radical (unpaired) electrons. The topological polar surface area (TPSA) is 58.2 Å². The summed E-state index contributed by atoms with van der Waals surface area (Å²) in [6, 6.07) is 47.5. The maximum atomic E-state index is 13.0. The molecule has 2 amide bonds. The van der Waals surface area contributed by atoms with Gasteiger partial charge < -0.3 is 10.6 Å². The standard InChI is InChI=1S/C40H32N2O2/c1-27-25-35(21-23-37(27)41-39(43)33-17-13-31(14-18-33)29-9-5-3-6-10-29)36-22-24-38(28(2)26-36)42-40(44)34-19-15-32(16-20-34)30-11-7-4-8-12-30/h3-26H,1-2H3,(H,41,43)(H,42,44). The van der Waals surface area contributed by atoms with Crippen molar-refractivity contribution in [3.05, 3.63) is 168 Å². The molecule has 6 rings (SSSR count). The van der Waals surface area contributed by atoms with Crippen LogP contribution >= 0.6 is 0 Å². The van der Waals surface area contributed by atoms with Gasteiger partial charge in [-0.3, -0.25) is 9.59 Å². The number of aryl methyl sites for hydroxylation is 2. The van der Waals surface area contributed by atoms with E-state index in [-0.39, 0.29) is 11.8 Å². The first-order chi connectivity index (χ1) is 21.4. The fourth-order valence-corrected chi connectivity index (χ4v) is 5.25. The van der Waals surface area contributed by atoms with E-state index < -0.39 is 0 Å². The third-order valence-electron chi connectivity index (χ3n) is 7.79. The van der Waals surface area contributed by atoms with Gasteiger partial charge in [0.15, 0.2) is 0 Å². The van der Waals surface area contributed by atoms with E-state index in [1.165, 1.54) is 0 Å². The summed E-state index contributed by atoms with van der Waals surface area (Å²) >= 11 is 0. The molecular weight excluding hydrogens is 540 g/mol. The molecule has 6 aromatic rings. The van der Waals surface area contributed by atoms with Crippen molar-refractivity contribution in [2.75, 3.05) is 10.6 Å². The Hall–Kier alpha value is -5.74. The van der Waals surface area contributed by atoms with Crippen LogP contribution in [-0.2, 0) is 0 Å². The summed E-state index contributed by atoms with van der Waals surface area (Å²) in [5.41, 5.74) is 11.1. The minimum atomic E-state index is -0.147. The molecule has 0 aliphatic rings. The summed E-state index contributed by atoms with van der Waals surface area (Å²) in [4.78, 5) is 26.0. The molecule has 0 saturated carbocycles. The van der Waals surface area contributed by atoms with Crippen molar-refractivity contribution in [1.82, 2.24) is 0 Å². The molecule has 0 saturated heterocycles. The lowest BCUT2D eigenvalue weighted by atomic mass is 9.99. The SMILES string of the molecule is Cc1cc(-c2ccc(NC(=O)c3ccc(-c4ccccc4)cc3)c(C)c2)ccc1NC(=O)c1ccc(-c2ccccc2)cc1. The highest BCUT2D eigenvalue weighted by atomic mass is 16.2. The number of hydrogen-bond donors (Lipinski definition) is 2. The Bertz CT molecular complexity index is 1780. The maximum Gasteiger partial charge on any atom is 0.255 e. The smallest absolute Gasteiger partial charge is 0.255 e. The highest BCUT2D eigenvalue weighted by molar-refractivity contribution is 6.06. The van der Waals surface area contributed by atoms with Gasteiger partial charge in [-0.25, -0.2) is 0 Å². The number of hydrogen-bond acceptors (Lipinski definition) is 2. The highest BCUT2D eigenvalue weighted by Gasteiger charge is 2.12. The number of rotatable bonds is 7. The van der Waals surface area contributed by atoms with E-state index in [2.05, 4.69) is 47.0 Å². The van der Waals surface area contributed by atoms with E-state index in [4.69, 9.17) is 0 Å². The summed E-state index contributed by atoms with van der Waals surface area (Å²) in [5, 5.41) is 6.10. The van der Waals surface area contributed by atoms with Gasteiger partial charge in [0.05, 0.1) is 0 Å². The minimum Gasteiger partial charge on any atom is -0.322 e. The Balaban J connectivity index is 1.11. The van der Waals surface area contributed by atoms with Gasteiger partial charge in [-0.1, -0.05) is 97.1 Å². The van der Waals surface area contributed by atoms with Gasteiger partial charge in [0.1, 0.15) is 0 Å². The molecule has 0 unspecified atom stereocenters. The van der Waals surface area contributed by atoms with E-state index in [0.29, 0.717) is 11.1 Å². The van der Waals surface area contributed by atoms with Crippen LogP contribution in [0.15, 0.2) is 146 Å². The van der Waals surface area contributed by atoms with Crippen LogP contribution in [0.25, 0.3) is 33.4 Å². The normalized spacial score (nSPS) is 10.7. The third-order valence-corrected chi connectivity index (χ3v) is 7.79. The van der Waals surface area contributed by atoms with Crippen molar-refractivity contribution in [2.45, 2.75) is 13.8 Å². The third kappa shape index (κ3) is 6.35. The van der Waals surface area contributed by atoms with Gasteiger partial charge in [-0.05, 0) is 107 Å². The largest absolute Gasteiger partial charge is 0.322 e. The zero-order valence-corrected chi connectivity index (χ0v) is 24.7. The van der Waals surface area contributed by atoms with Crippen LogP contribution in [-0.4, -0.2) is 11.8 Å². The number of nitrogens with one attached hydrogen (secondary N) is 2. The van der Waals surface area contributed by atoms with Crippen LogP contribution in [0.4, 0.5) is 11.4 Å². The Labute approximate surface area is 258 Å². The highest BCUT2D eigenvalue weighted by Crippen LogP contribution is 2.29. The molecule has 0 aliphatic heterocycles. The average Bonchev–Trinajstić information content (AvgIpc) is 3.07. The van der Waals surface area contributed by atoms with Gasteiger partial charge >= 0.3 is 0 Å². The van der Waals surface area contributed by atoms with E-state index in [0.717, 1.165) is 55.9 Å². The van der Waals surface area contributed by atoms with Gasteiger partial charge in [0.2, 0.25) is 0 Å². The maximum absolute atomic E-state index is 13.0. The van der Waals surface area contributed by atoms with Crippen molar-refractivity contribution >= 4 is 23.2 Å². The van der Waals surface area contributed by atoms with Crippen molar-refractivity contribution in [3.8, 4) is 33.4 Å². The number of amides is 2. The lowest BCUT2D eigenvalue weighted by molar-refractivity contribution is 0.101. The Morgan fingerprint density at radius 1 is 0.386 bits per heavy atom. The second-order valence-corrected chi connectivity index (χ2v) is 10.9. The summed E-state index contributed by atoms with van der Waals surface area (Å²) in [7, 11) is 0. The quantitative estimate of drug-likeness (QED) is 0.200. The number of anilines is 2. The second-order valence-electron chi connectivity index (χ2n) is 10.9. The molecule has 0 aromatic heterocycles. The molecule has 0 heterocycles. The first-order valence-electron chi connectivity index (χ1n) is 14.6. The molecule has 0 fully saturated rings. The number of benzene rings is 6. The van der Waals surface area contributed by atoms with Gasteiger partial charge in [-0.2, -0.15) is 0 Å². The lowest BCUT2D eigenvalue weighted by Crippen LogP contribution is -2.13. The van der Waals surface area contributed by atoms with Crippen LogP contribution in [0.3, 0.4) is 0 Å². The molecule has 0 spiro atoms. The molecule has 214 valence electrons. The number of carbonyl (C=O) groups is 2. The van der Waals surface area contributed by atoms with E-state index in [1.807, 2.05) is 123 Å². The second kappa shape index (κ2) is 12.6. The van der Waals surface area contributed by atoms with Crippen LogP contribution in [0.1, 0.15) is 31.8 Å². The van der Waals surface area contributed by atoms with Crippen LogP contribution in [0, 0.1) is 13.8 Å². The Kier molecular flexibility index (Phi) is 8.15. The molecule has 4 heteroatoms. The fourth-order valence-electron chi connectivity index (χ4n) is 5.25. The molecule has 0 bridgehead atoms. The Morgan fingerprint density at radius 2 is 0.705 bits per heavy atom. The van der Waals surface area contributed by atoms with E-state index in [1.54, 1.807) is 0 Å². The van der Waals surface area contributed by atoms with Crippen molar-refractivity contribution in [2.24, 2.45) is 0 Å². The molecule has 4 nitrogen and oxygen atoms in total. The van der Waals surface area contributed by atoms with E-state index >= 15 is 0 Å². The minimum absolute atomic E-state index is 0.147. The van der Waals surface area contributed by atoms with E-state index in [9.17, 15) is 9.59 Å². The summed E-state index contributed by atoms with van der Waals surface area (Å²) in [6.07, 6.45) is 0. The molecular formula is C40H32N2O2. The van der Waals surface area contributed by atoms with Gasteiger partial charge in [-0.15, -0.1) is 0 Å². The monoisotopic (exact) mass is 572 g/mol. The summed E-state index contributed by atoms with van der Waals surface area (Å²) in [6.45, 7) is 3.98. The average molecular weight is 573 g/mol. The molecule has 0 aliphatic carbocycles. The van der Waals surface area contributed by atoms with Crippen molar-refractivity contribution in [3.63, 3.8) is 0 Å². The fraction of sp³-hybridized carbons (Fsp3) is 0.0500. The van der Waals surface area contributed by atoms with Crippen LogP contribution in [0.2, 0.25) is 0 Å². The van der Waals surface area contributed by atoms with Gasteiger partial charge in [0, 0.05) is 22.5 Å². The van der Waals surface area contributed by atoms with Crippen LogP contribution in [0.5, 0.6) is 0 Å². The summed E-state index contributed by atoms with van der Waals surface area (Å²) in [5.74, 6) is -0.294. The zero-order chi connectivity index (χ0) is 30.5. The molecule has 0 atom stereocenters. The molecule has 2 N–H and O–H groups in total. The summed E-state index contributed by atoms with van der Waals surface area (Å²) < 4.78 is 0. The van der Waals surface area contributed by atoms with Crippen molar-refractivity contribution in [1.29, 1.82) is 0 Å². The molecule has 6 aromatic carbocycles. The predicted octanol–water partition coefficient (Wildman–Crippen LogP) is 9.81. The molecule has 44 heavy (non-hydrogen) atoms. The zero-order valence-electron chi connectivity index (χ0n) is 24.7. The first kappa shape index (κ1) is 28.4. The first-order valence-corrected chi connectivity index (χ1v) is 14.6. The lowest BCUT2D eigenvalue weighted by Gasteiger charge is -2.13. The van der Waals surface area contributed by atoms with Gasteiger partial charge in [0.25, 0.3) is 11.8 Å².